The molecular formula is C42H56N6O4. The molecule has 0 spiro atoms. The Morgan fingerprint density at radius 3 is 1.33 bits per heavy atom. The lowest BCUT2D eigenvalue weighted by atomic mass is 9.97. The van der Waals surface area contributed by atoms with Gasteiger partial charge in [-0.1, -0.05) is 74.9 Å². The molecule has 0 aliphatic heterocycles. The van der Waals surface area contributed by atoms with Crippen LogP contribution in [-0.4, -0.2) is 73.2 Å². The third-order valence-electron chi connectivity index (χ3n) is 9.04. The zero-order valence-corrected chi connectivity index (χ0v) is 31.7. The molecule has 2 unspecified atom stereocenters. The molecular weight excluding hydrogens is 653 g/mol. The molecule has 10 heteroatoms. The quantitative estimate of drug-likeness (QED) is 0.0936. The molecule has 4 aromatic rings. The molecule has 10 nitrogen and oxygen atoms in total. The average molecular weight is 709 g/mol. The van der Waals surface area contributed by atoms with Crippen LogP contribution in [0.15, 0.2) is 85.2 Å². The Labute approximate surface area is 310 Å². The van der Waals surface area contributed by atoms with Crippen molar-refractivity contribution in [2.75, 3.05) is 41.3 Å². The topological polar surface area (TPSA) is 109 Å². The van der Waals surface area contributed by atoms with Crippen LogP contribution < -0.4 is 20.1 Å². The summed E-state index contributed by atoms with van der Waals surface area (Å²) < 4.78 is 11.1. The van der Waals surface area contributed by atoms with Crippen LogP contribution in [-0.2, 0) is 0 Å². The van der Waals surface area contributed by atoms with E-state index >= 15 is 0 Å². The highest BCUT2D eigenvalue weighted by Crippen LogP contribution is 2.29. The number of aryl methyl sites for hydroxylation is 2. The maximum Gasteiger partial charge on any atom is 0.414 e. The van der Waals surface area contributed by atoms with Gasteiger partial charge in [0.15, 0.2) is 0 Å². The first-order chi connectivity index (χ1) is 25.1. The normalized spacial score (nSPS) is 12.2. The average Bonchev–Trinajstić information content (AvgIpc) is 3.13. The van der Waals surface area contributed by atoms with Crippen molar-refractivity contribution in [3.05, 3.63) is 119 Å². The molecule has 0 saturated heterocycles. The van der Waals surface area contributed by atoms with Gasteiger partial charge in [-0.25, -0.2) is 9.59 Å². The number of ether oxygens (including phenoxy) is 2. The van der Waals surface area contributed by atoms with Crippen molar-refractivity contribution in [2.24, 2.45) is 0 Å². The number of hydrogen-bond acceptors (Lipinski definition) is 8. The molecule has 278 valence electrons. The minimum Gasteiger partial charge on any atom is -0.410 e. The predicted octanol–water partition coefficient (Wildman–Crippen LogP) is 8.39. The maximum absolute atomic E-state index is 12.1. The SMILES string of the molecule is Cc1ncccc1C(NCCCCCCCCCCNC(c1cccc(OC(=O)N(C)C)c1)c1cccnc1C)c1cccc(OC(=O)N(C)C)c1. The van der Waals surface area contributed by atoms with Gasteiger partial charge in [-0.3, -0.25) is 9.97 Å². The minimum absolute atomic E-state index is 0.0495. The summed E-state index contributed by atoms with van der Waals surface area (Å²) in [6, 6.07) is 23.5. The molecule has 4 rings (SSSR count). The molecule has 2 amide bonds. The Morgan fingerprint density at radius 1 is 0.577 bits per heavy atom. The minimum atomic E-state index is -0.398. The van der Waals surface area contributed by atoms with Crippen molar-refractivity contribution in [1.29, 1.82) is 0 Å². The van der Waals surface area contributed by atoms with Crippen LogP contribution in [0.25, 0.3) is 0 Å². The van der Waals surface area contributed by atoms with Gasteiger partial charge in [0.1, 0.15) is 11.5 Å². The maximum atomic E-state index is 12.1. The van der Waals surface area contributed by atoms with Crippen molar-refractivity contribution < 1.29 is 19.1 Å². The lowest BCUT2D eigenvalue weighted by molar-refractivity contribution is 0.171. The number of carbonyl (C=O) groups excluding carboxylic acids is 2. The molecule has 0 aliphatic carbocycles. The molecule has 0 saturated carbocycles. The number of nitrogens with zero attached hydrogens (tertiary/aromatic N) is 4. The molecule has 2 aromatic carbocycles. The predicted molar refractivity (Wildman–Crippen MR) is 207 cm³/mol. The van der Waals surface area contributed by atoms with Crippen molar-refractivity contribution in [2.45, 2.75) is 77.3 Å². The Kier molecular flexibility index (Phi) is 16.1. The number of hydrogen-bond donors (Lipinski definition) is 2. The number of unbranched alkanes of at least 4 members (excludes halogenated alkanes) is 7. The fourth-order valence-electron chi connectivity index (χ4n) is 6.12. The second-order valence-electron chi connectivity index (χ2n) is 13.6. The van der Waals surface area contributed by atoms with Gasteiger partial charge in [0.05, 0.1) is 12.1 Å². The van der Waals surface area contributed by atoms with Crippen LogP contribution in [0.5, 0.6) is 11.5 Å². The van der Waals surface area contributed by atoms with Crippen molar-refractivity contribution in [1.82, 2.24) is 30.4 Å². The van der Waals surface area contributed by atoms with Crippen LogP contribution in [0.1, 0.15) is 97.1 Å². The van der Waals surface area contributed by atoms with E-state index in [1.54, 1.807) is 28.2 Å². The van der Waals surface area contributed by atoms with Gasteiger partial charge >= 0.3 is 12.2 Å². The van der Waals surface area contributed by atoms with E-state index in [1.807, 2.05) is 74.8 Å². The number of carbonyl (C=O) groups is 2. The highest BCUT2D eigenvalue weighted by molar-refractivity contribution is 5.70. The van der Waals surface area contributed by atoms with E-state index in [9.17, 15) is 9.59 Å². The monoisotopic (exact) mass is 708 g/mol. The van der Waals surface area contributed by atoms with Gasteiger partial charge in [0.2, 0.25) is 0 Å². The van der Waals surface area contributed by atoms with Crippen LogP contribution in [0.4, 0.5) is 9.59 Å². The first kappa shape index (κ1) is 40.0. The zero-order valence-electron chi connectivity index (χ0n) is 31.7. The summed E-state index contributed by atoms with van der Waals surface area (Å²) in [5.41, 5.74) is 6.27. The van der Waals surface area contributed by atoms with Crippen LogP contribution >= 0.6 is 0 Å². The van der Waals surface area contributed by atoms with E-state index in [0.717, 1.165) is 59.6 Å². The first-order valence-electron chi connectivity index (χ1n) is 18.4. The molecule has 0 radical (unpaired) electrons. The lowest BCUT2D eigenvalue weighted by Crippen LogP contribution is -2.26. The van der Waals surface area contributed by atoms with Crippen LogP contribution in [0.3, 0.4) is 0 Å². The van der Waals surface area contributed by atoms with Crippen molar-refractivity contribution in [3.63, 3.8) is 0 Å². The molecule has 2 atom stereocenters. The molecule has 0 aliphatic rings. The van der Waals surface area contributed by atoms with E-state index in [4.69, 9.17) is 9.47 Å². The second-order valence-corrected chi connectivity index (χ2v) is 13.6. The summed E-state index contributed by atoms with van der Waals surface area (Å²) in [7, 11) is 6.69. The molecule has 2 aromatic heterocycles. The number of benzene rings is 2. The van der Waals surface area contributed by atoms with E-state index in [1.165, 1.54) is 48.3 Å². The number of rotatable bonds is 19. The fourth-order valence-corrected chi connectivity index (χ4v) is 6.12. The molecule has 2 heterocycles. The summed E-state index contributed by atoms with van der Waals surface area (Å²) in [6.45, 7) is 5.82. The van der Waals surface area contributed by atoms with Crippen LogP contribution in [0.2, 0.25) is 0 Å². The Morgan fingerprint density at radius 2 is 0.962 bits per heavy atom. The second kappa shape index (κ2) is 20.9. The largest absolute Gasteiger partial charge is 0.414 e. The van der Waals surface area contributed by atoms with E-state index in [-0.39, 0.29) is 12.1 Å². The molecule has 52 heavy (non-hydrogen) atoms. The third-order valence-corrected chi connectivity index (χ3v) is 9.04. The van der Waals surface area contributed by atoms with Gasteiger partial charge in [0.25, 0.3) is 0 Å². The number of nitrogens with one attached hydrogen (secondary N) is 2. The molecule has 0 bridgehead atoms. The zero-order chi connectivity index (χ0) is 37.3. The van der Waals surface area contributed by atoms with Gasteiger partial charge in [-0.15, -0.1) is 0 Å². The number of amides is 2. The lowest BCUT2D eigenvalue weighted by Gasteiger charge is -2.22. The van der Waals surface area contributed by atoms with Gasteiger partial charge in [0, 0.05) is 52.0 Å². The van der Waals surface area contributed by atoms with Gasteiger partial charge in [-0.05, 0) is 98.4 Å². The van der Waals surface area contributed by atoms with E-state index < -0.39 is 12.2 Å². The summed E-state index contributed by atoms with van der Waals surface area (Å²) in [5.74, 6) is 1.05. The van der Waals surface area contributed by atoms with Crippen LogP contribution in [0, 0.1) is 13.8 Å². The highest BCUT2D eigenvalue weighted by Gasteiger charge is 2.19. The summed E-state index contributed by atoms with van der Waals surface area (Å²) in [4.78, 5) is 36.2. The molecule has 0 fully saturated rings. The number of pyridine rings is 2. The van der Waals surface area contributed by atoms with Gasteiger partial charge < -0.3 is 29.9 Å². The number of aromatic nitrogens is 2. The Balaban J connectivity index is 1.19. The first-order valence-corrected chi connectivity index (χ1v) is 18.4. The fraction of sp³-hybridized carbons (Fsp3) is 0.429. The third kappa shape index (κ3) is 12.5. The summed E-state index contributed by atoms with van der Waals surface area (Å²) in [6.07, 6.45) is 12.2. The van der Waals surface area contributed by atoms with Crippen molar-refractivity contribution in [3.8, 4) is 11.5 Å². The van der Waals surface area contributed by atoms with Gasteiger partial charge in [-0.2, -0.15) is 0 Å². The van der Waals surface area contributed by atoms with E-state index in [0.29, 0.717) is 11.5 Å². The summed E-state index contributed by atoms with van der Waals surface area (Å²) in [5, 5.41) is 7.50. The van der Waals surface area contributed by atoms with Crippen molar-refractivity contribution >= 4 is 12.2 Å². The highest BCUT2D eigenvalue weighted by atomic mass is 16.6. The summed E-state index contributed by atoms with van der Waals surface area (Å²) >= 11 is 0. The standard InChI is InChI=1S/C42H56N6O4/c1-31-37(23-17-27-43-31)39(33-19-15-21-35(29-33)51-41(49)47(3)4)45-25-13-11-9-7-8-10-12-14-26-46-40(38-24-18-28-44-32(38)2)34-20-16-22-36(30-34)52-42(50)48(5)6/h15-24,27-30,39-40,45-46H,7-14,25-26H2,1-6H3. The Bertz CT molecular complexity index is 1590. The molecule has 2 N–H and O–H groups in total. The smallest absolute Gasteiger partial charge is 0.410 e. The Hall–Kier alpha value is -4.80. The van der Waals surface area contributed by atoms with E-state index in [2.05, 4.69) is 44.9 Å².